The summed E-state index contributed by atoms with van der Waals surface area (Å²) in [4.78, 5) is 67.6. The lowest BCUT2D eigenvalue weighted by Crippen LogP contribution is -2.47. The van der Waals surface area contributed by atoms with Crippen molar-refractivity contribution in [1.82, 2.24) is 4.90 Å². The summed E-state index contributed by atoms with van der Waals surface area (Å²) in [6, 6.07) is 3.82. The largest absolute Gasteiger partial charge is 0.489 e. The van der Waals surface area contributed by atoms with Gasteiger partial charge < -0.3 is 33.3 Å². The molecule has 1 heterocycles. The second-order valence-electron chi connectivity index (χ2n) is 11.9. The van der Waals surface area contributed by atoms with E-state index in [0.29, 0.717) is 50.5 Å². The number of piperidine rings is 1. The summed E-state index contributed by atoms with van der Waals surface area (Å²) < 4.78 is 48.2. The molecule has 1 amide bonds. The summed E-state index contributed by atoms with van der Waals surface area (Å²) in [6.07, 6.45) is 4.30. The molecule has 1 unspecified atom stereocenters. The minimum absolute atomic E-state index is 0.00140. The first-order valence-corrected chi connectivity index (χ1v) is 16.5. The molecule has 3 rings (SSSR count). The van der Waals surface area contributed by atoms with Gasteiger partial charge in [0, 0.05) is 13.1 Å². The highest BCUT2D eigenvalue weighted by Gasteiger charge is 3.02. The Morgan fingerprint density at radius 2 is 1.26 bits per heavy atom. The molecular formula is C34H47FNO11. The number of fused-ring (bicyclic) bond motifs is 1. The van der Waals surface area contributed by atoms with Gasteiger partial charge in [0.25, 0.3) is 0 Å². The van der Waals surface area contributed by atoms with Crippen LogP contribution in [-0.2, 0) is 49.5 Å². The number of nitrogens with zero attached hydrogens (tertiary/aromatic N) is 1. The van der Waals surface area contributed by atoms with Gasteiger partial charge in [0.2, 0.25) is 0 Å². The number of hydrogen-bond donors (Lipinski definition) is 0. The van der Waals surface area contributed by atoms with Gasteiger partial charge in [-0.05, 0) is 43.4 Å². The number of rotatable bonds is 21. The summed E-state index contributed by atoms with van der Waals surface area (Å²) in [5.74, 6) is -3.78. The van der Waals surface area contributed by atoms with Gasteiger partial charge in [-0.25, -0.2) is 14.0 Å². The second-order valence-corrected chi connectivity index (χ2v) is 11.9. The van der Waals surface area contributed by atoms with Crippen molar-refractivity contribution in [1.29, 1.82) is 0 Å². The zero-order valence-electron chi connectivity index (χ0n) is 27.9. The molecule has 2 fully saturated rings. The number of unbranched alkanes of at least 4 members (excludes halogenated alkanes) is 4. The fourth-order valence-electron chi connectivity index (χ4n) is 6.29. The van der Waals surface area contributed by atoms with Crippen LogP contribution < -0.4 is 4.74 Å². The van der Waals surface area contributed by atoms with E-state index in [4.69, 9.17) is 23.7 Å². The quantitative estimate of drug-likeness (QED) is 0.0990. The zero-order chi connectivity index (χ0) is 34.5. The summed E-state index contributed by atoms with van der Waals surface area (Å²) in [5, 5.41) is 0. The van der Waals surface area contributed by atoms with Gasteiger partial charge in [0.1, 0.15) is 29.5 Å². The minimum atomic E-state index is -2.03. The Balaban J connectivity index is 2.13. The Morgan fingerprint density at radius 1 is 0.766 bits per heavy atom. The van der Waals surface area contributed by atoms with E-state index in [1.807, 2.05) is 27.7 Å². The van der Waals surface area contributed by atoms with Gasteiger partial charge in [0.15, 0.2) is 11.6 Å². The van der Waals surface area contributed by atoms with Crippen molar-refractivity contribution in [2.24, 2.45) is 16.2 Å². The average Bonchev–Trinajstić information content (AvgIpc) is 3.35. The van der Waals surface area contributed by atoms with E-state index in [1.165, 1.54) is 23.5 Å². The van der Waals surface area contributed by atoms with Crippen molar-refractivity contribution in [3.8, 4) is 5.75 Å². The fourth-order valence-corrected chi connectivity index (χ4v) is 6.29. The molecule has 0 spiro atoms. The standard InChI is InChI=1S/C34H47FNO11/c1-5-9-15-43-28(38)32-21-36(31(41)46-18-12-8-4)22-33(32,29(39)44-16-10-6-2)34(32,30(40)45-17-11-7-3)23-47-27-14-13-25(19-26(27)35)20-42-24-37/h13-14,19H,5-12,15-18,20-23H2,1-4H3/t32-,33?,34-/m0/s1. The Kier molecular flexibility index (Phi) is 13.8. The predicted molar refractivity (Wildman–Crippen MR) is 165 cm³/mol. The first-order valence-electron chi connectivity index (χ1n) is 16.5. The molecule has 3 atom stereocenters. The summed E-state index contributed by atoms with van der Waals surface area (Å²) in [7, 11) is 0. The monoisotopic (exact) mass is 664 g/mol. The van der Waals surface area contributed by atoms with Crippen LogP contribution in [0.1, 0.15) is 84.6 Å². The van der Waals surface area contributed by atoms with Gasteiger partial charge >= 0.3 is 30.5 Å². The molecule has 1 aromatic carbocycles. The number of carbonyl (C=O) groups is 4. The minimum Gasteiger partial charge on any atom is -0.489 e. The third-order valence-electron chi connectivity index (χ3n) is 8.94. The molecule has 1 saturated carbocycles. The van der Waals surface area contributed by atoms with E-state index in [1.54, 1.807) is 0 Å². The molecule has 1 saturated heterocycles. The predicted octanol–water partition coefficient (Wildman–Crippen LogP) is 5.04. The van der Waals surface area contributed by atoms with Crippen molar-refractivity contribution in [2.75, 3.05) is 46.1 Å². The molecule has 1 aliphatic heterocycles. The topological polar surface area (TPSA) is 144 Å². The van der Waals surface area contributed by atoms with Gasteiger partial charge in [-0.1, -0.05) is 59.4 Å². The number of amides is 1. The molecule has 2 aliphatic rings. The maximum atomic E-state index is 15.2. The van der Waals surface area contributed by atoms with E-state index in [-0.39, 0.29) is 38.8 Å². The maximum absolute atomic E-state index is 15.2. The van der Waals surface area contributed by atoms with Gasteiger partial charge in [0.05, 0.1) is 26.4 Å². The van der Waals surface area contributed by atoms with Crippen LogP contribution in [0, 0.1) is 22.1 Å². The van der Waals surface area contributed by atoms with E-state index < -0.39 is 65.8 Å². The molecule has 13 heteroatoms. The SMILES string of the molecule is CCCCOC(=O)N1CC2(C(=O)OCCCC)[C@@](C(=O)OCCCC)(C1)[C@]2(COc1ccc(CO[C]=O)cc1F)C(=O)OCCCC. The number of likely N-dealkylation sites (tertiary alicyclic amines) is 1. The molecule has 1 aromatic rings. The van der Waals surface area contributed by atoms with Crippen LogP contribution >= 0.6 is 0 Å². The van der Waals surface area contributed by atoms with Crippen LogP contribution in [0.4, 0.5) is 9.18 Å². The molecule has 0 N–H and O–H groups in total. The van der Waals surface area contributed by atoms with Crippen LogP contribution in [0.25, 0.3) is 0 Å². The van der Waals surface area contributed by atoms with Gasteiger partial charge in [-0.2, -0.15) is 0 Å². The van der Waals surface area contributed by atoms with Crippen molar-refractivity contribution >= 4 is 30.5 Å². The lowest BCUT2D eigenvalue weighted by atomic mass is 9.90. The van der Waals surface area contributed by atoms with Crippen molar-refractivity contribution in [3.05, 3.63) is 29.6 Å². The number of halogens is 1. The molecule has 1 aliphatic carbocycles. The molecule has 261 valence electrons. The first-order chi connectivity index (χ1) is 22.7. The molecule has 1 radical (unpaired) electrons. The Hall–Kier alpha value is -3.90. The lowest BCUT2D eigenvalue weighted by molar-refractivity contribution is -0.164. The molecule has 47 heavy (non-hydrogen) atoms. The highest BCUT2D eigenvalue weighted by molar-refractivity contribution is 6.09. The third kappa shape index (κ3) is 7.33. The van der Waals surface area contributed by atoms with Crippen molar-refractivity contribution < 1.29 is 56.8 Å². The average molecular weight is 665 g/mol. The molecule has 0 aromatic heterocycles. The number of esters is 3. The van der Waals surface area contributed by atoms with Crippen LogP contribution in [0.3, 0.4) is 0 Å². The van der Waals surface area contributed by atoms with E-state index in [2.05, 4.69) is 4.74 Å². The van der Waals surface area contributed by atoms with Gasteiger partial charge in [-0.3, -0.25) is 14.4 Å². The summed E-state index contributed by atoms with van der Waals surface area (Å²) in [5.41, 5.74) is -5.64. The highest BCUT2D eigenvalue weighted by atomic mass is 19.1. The van der Waals surface area contributed by atoms with Crippen molar-refractivity contribution in [2.45, 2.75) is 85.7 Å². The highest BCUT2D eigenvalue weighted by Crippen LogP contribution is 2.82. The first kappa shape index (κ1) is 37.6. The molecular weight excluding hydrogens is 617 g/mol. The summed E-state index contributed by atoms with van der Waals surface area (Å²) in [6.45, 7) is 7.40. The third-order valence-corrected chi connectivity index (χ3v) is 8.94. The number of carbonyl (C=O) groups excluding carboxylic acids is 5. The number of benzene rings is 1. The smallest absolute Gasteiger partial charge is 0.417 e. The van der Waals surface area contributed by atoms with Crippen LogP contribution in [0.5, 0.6) is 5.75 Å². The summed E-state index contributed by atoms with van der Waals surface area (Å²) >= 11 is 0. The Labute approximate surface area is 275 Å². The van der Waals surface area contributed by atoms with E-state index in [9.17, 15) is 24.0 Å². The van der Waals surface area contributed by atoms with E-state index in [0.717, 1.165) is 12.5 Å². The number of ether oxygens (including phenoxy) is 6. The van der Waals surface area contributed by atoms with Crippen LogP contribution in [-0.4, -0.2) is 81.5 Å². The van der Waals surface area contributed by atoms with Crippen LogP contribution in [0.15, 0.2) is 18.2 Å². The van der Waals surface area contributed by atoms with Crippen LogP contribution in [0.2, 0.25) is 0 Å². The molecule has 0 bridgehead atoms. The molecule has 12 nitrogen and oxygen atoms in total. The van der Waals surface area contributed by atoms with E-state index >= 15 is 4.39 Å². The normalized spacial score (nSPS) is 22.5. The lowest BCUT2D eigenvalue weighted by Gasteiger charge is -2.30. The zero-order valence-corrected chi connectivity index (χ0v) is 27.9. The van der Waals surface area contributed by atoms with Gasteiger partial charge in [-0.15, -0.1) is 0 Å². The Morgan fingerprint density at radius 3 is 1.72 bits per heavy atom. The number of hydrogen-bond acceptors (Lipinski definition) is 11. The fraction of sp³-hybridized carbons (Fsp3) is 0.676. The second kappa shape index (κ2) is 17.3. The van der Waals surface area contributed by atoms with Crippen molar-refractivity contribution in [3.63, 3.8) is 0 Å². The Bertz CT molecular complexity index is 1220. The maximum Gasteiger partial charge on any atom is 0.417 e.